The minimum atomic E-state index is -0.146. The van der Waals surface area contributed by atoms with Gasteiger partial charge < -0.3 is 10.2 Å². The van der Waals surface area contributed by atoms with Gasteiger partial charge in [-0.3, -0.25) is 9.69 Å². The number of anilines is 3. The Morgan fingerprint density at radius 3 is 2.23 bits per heavy atom. The summed E-state index contributed by atoms with van der Waals surface area (Å²) in [6.07, 6.45) is 5.13. The van der Waals surface area contributed by atoms with Gasteiger partial charge in [-0.15, -0.1) is 5.10 Å². The van der Waals surface area contributed by atoms with Crippen LogP contribution < -0.4 is 15.1 Å². The highest BCUT2D eigenvalue weighted by atomic mass is 16.2. The fourth-order valence-electron chi connectivity index (χ4n) is 6.90. The molecule has 2 aromatic carbocycles. The summed E-state index contributed by atoms with van der Waals surface area (Å²) in [5.41, 5.74) is 10.7. The highest BCUT2D eigenvalue weighted by Crippen LogP contribution is 2.48. The first-order valence-electron chi connectivity index (χ1n) is 16.9. The number of rotatable bonds is 10. The molecule has 5 aromatic rings. The minimum Gasteiger partial charge on any atom is -0.360 e. The summed E-state index contributed by atoms with van der Waals surface area (Å²) in [5, 5.41) is 17.5. The van der Waals surface area contributed by atoms with Crippen molar-refractivity contribution in [2.24, 2.45) is 11.8 Å². The molecule has 2 unspecified atom stereocenters. The third-order valence-electron chi connectivity index (χ3n) is 10.4. The van der Waals surface area contributed by atoms with Gasteiger partial charge in [0.15, 0.2) is 5.82 Å². The zero-order valence-electron chi connectivity index (χ0n) is 27.9. The van der Waals surface area contributed by atoms with Crippen LogP contribution in [0.15, 0.2) is 60.8 Å². The van der Waals surface area contributed by atoms with Crippen LogP contribution in [0.3, 0.4) is 0 Å². The van der Waals surface area contributed by atoms with Crippen molar-refractivity contribution < 1.29 is 4.79 Å². The Hall–Kier alpha value is -4.79. The molecule has 0 bridgehead atoms. The molecular formula is C38H42N8O. The molecule has 47 heavy (non-hydrogen) atoms. The normalized spacial score (nSPS) is 19.3. The number of fused-ring (bicyclic) bond motifs is 2. The van der Waals surface area contributed by atoms with Crippen LogP contribution in [0.1, 0.15) is 82.8 Å². The van der Waals surface area contributed by atoms with E-state index in [1.807, 2.05) is 9.42 Å². The monoisotopic (exact) mass is 626 g/mol. The number of carbonyl (C=O) groups excluding carboxylic acids is 1. The minimum absolute atomic E-state index is 0.146. The van der Waals surface area contributed by atoms with E-state index in [4.69, 9.17) is 10.1 Å². The van der Waals surface area contributed by atoms with Crippen LogP contribution in [0.5, 0.6) is 0 Å². The Kier molecular flexibility index (Phi) is 7.23. The molecule has 8 rings (SSSR count). The van der Waals surface area contributed by atoms with Gasteiger partial charge in [0.1, 0.15) is 5.82 Å². The lowest BCUT2D eigenvalue weighted by Crippen LogP contribution is -2.30. The lowest BCUT2D eigenvalue weighted by atomic mass is 10.0. The van der Waals surface area contributed by atoms with E-state index >= 15 is 0 Å². The molecule has 2 saturated carbocycles. The number of hydrogen-bond acceptors (Lipinski definition) is 7. The van der Waals surface area contributed by atoms with E-state index in [2.05, 4.69) is 110 Å². The molecular weight excluding hydrogens is 584 g/mol. The predicted octanol–water partition coefficient (Wildman–Crippen LogP) is 6.99. The second-order valence-electron chi connectivity index (χ2n) is 14.1. The van der Waals surface area contributed by atoms with Crippen LogP contribution in [-0.2, 0) is 17.9 Å². The first-order chi connectivity index (χ1) is 22.7. The highest BCUT2D eigenvalue weighted by Gasteiger charge is 2.53. The Morgan fingerprint density at radius 1 is 0.915 bits per heavy atom. The fourth-order valence-corrected chi connectivity index (χ4v) is 6.90. The van der Waals surface area contributed by atoms with Gasteiger partial charge in [0.25, 0.3) is 0 Å². The average Bonchev–Trinajstić information content (AvgIpc) is 3.98. The van der Waals surface area contributed by atoms with E-state index in [9.17, 15) is 4.79 Å². The summed E-state index contributed by atoms with van der Waals surface area (Å²) in [5.74, 6) is 3.64. The maximum Gasteiger partial charge on any atom is 0.247 e. The number of benzene rings is 2. The molecule has 9 heteroatoms. The van der Waals surface area contributed by atoms with Gasteiger partial charge in [0, 0.05) is 25.6 Å². The predicted molar refractivity (Wildman–Crippen MR) is 185 cm³/mol. The van der Waals surface area contributed by atoms with Crippen molar-refractivity contribution in [1.82, 2.24) is 24.8 Å². The van der Waals surface area contributed by atoms with Gasteiger partial charge in [-0.2, -0.15) is 15.2 Å². The SMILES string of the molecule is Cc1ccc(CN(Cc2ccc(C)c(C)c2)c2nncc(N[C@H](C)c3cc4cc(C5CC5)cc(N5CC6CC6C5=O)n4n3)n2)cc1C. The third-order valence-corrected chi connectivity index (χ3v) is 10.4. The number of nitrogens with one attached hydrogen (secondary N) is 1. The molecule has 240 valence electrons. The summed E-state index contributed by atoms with van der Waals surface area (Å²) < 4.78 is 1.96. The quantitative estimate of drug-likeness (QED) is 0.179. The van der Waals surface area contributed by atoms with Gasteiger partial charge in [-0.05, 0) is 123 Å². The number of nitrogens with zero attached hydrogens (tertiary/aromatic N) is 7. The van der Waals surface area contributed by atoms with E-state index in [1.165, 1.54) is 51.8 Å². The van der Waals surface area contributed by atoms with Crippen LogP contribution in [0.4, 0.5) is 17.6 Å². The maximum absolute atomic E-state index is 13.1. The van der Waals surface area contributed by atoms with E-state index in [1.54, 1.807) is 6.20 Å². The lowest BCUT2D eigenvalue weighted by Gasteiger charge is -2.24. The van der Waals surface area contributed by atoms with Crippen molar-refractivity contribution in [1.29, 1.82) is 0 Å². The lowest BCUT2D eigenvalue weighted by molar-refractivity contribution is -0.118. The standard InChI is InChI=1S/C38H42N8O/c1-22-6-8-27(12-24(22)3)19-44(20-28-9-7-23(2)25(4)13-28)38-41-35(18-39-42-38)40-26(5)34-17-32-14-30(29-10-11-29)16-36(46(32)43-34)45-21-31-15-33(31)37(45)47/h6-9,12-14,16-18,26,29,31,33H,10-11,15,19-21H2,1-5H3,(H,40,41,42)/t26-,31?,33?/m1/s1. The van der Waals surface area contributed by atoms with Gasteiger partial charge in [0.2, 0.25) is 11.9 Å². The summed E-state index contributed by atoms with van der Waals surface area (Å²) in [4.78, 5) is 22.2. The Labute approximate surface area is 276 Å². The number of carbonyl (C=O) groups is 1. The van der Waals surface area contributed by atoms with E-state index < -0.39 is 0 Å². The smallest absolute Gasteiger partial charge is 0.247 e. The van der Waals surface area contributed by atoms with Crippen molar-refractivity contribution in [3.05, 3.63) is 105 Å². The number of amides is 1. The number of piperidine rings is 1. The van der Waals surface area contributed by atoms with Gasteiger partial charge in [-0.1, -0.05) is 36.4 Å². The van der Waals surface area contributed by atoms with Crippen LogP contribution >= 0.6 is 0 Å². The molecule has 1 saturated heterocycles. The van der Waals surface area contributed by atoms with Gasteiger partial charge >= 0.3 is 0 Å². The molecule has 3 aromatic heterocycles. The zero-order chi connectivity index (χ0) is 32.4. The number of aryl methyl sites for hydroxylation is 4. The van der Waals surface area contributed by atoms with Crippen molar-refractivity contribution in [2.75, 3.05) is 21.7 Å². The van der Waals surface area contributed by atoms with E-state index in [0.717, 1.165) is 30.0 Å². The van der Waals surface area contributed by atoms with E-state index in [0.29, 0.717) is 36.7 Å². The molecule has 0 radical (unpaired) electrons. The largest absolute Gasteiger partial charge is 0.360 e. The molecule has 0 spiro atoms. The summed E-state index contributed by atoms with van der Waals surface area (Å²) in [6, 6.07) is 19.6. The Balaban J connectivity index is 1.07. The number of hydrogen-bond donors (Lipinski definition) is 1. The summed E-state index contributed by atoms with van der Waals surface area (Å²) in [7, 11) is 0. The van der Waals surface area contributed by atoms with Crippen LogP contribution in [-0.4, -0.2) is 37.2 Å². The number of pyridine rings is 1. The van der Waals surface area contributed by atoms with Crippen LogP contribution in [0.25, 0.3) is 5.52 Å². The first-order valence-corrected chi connectivity index (χ1v) is 16.9. The molecule has 1 N–H and O–H groups in total. The third kappa shape index (κ3) is 5.83. The molecule has 1 aliphatic heterocycles. The van der Waals surface area contributed by atoms with Crippen LogP contribution in [0.2, 0.25) is 0 Å². The van der Waals surface area contributed by atoms with Crippen LogP contribution in [0, 0.1) is 39.5 Å². The van der Waals surface area contributed by atoms with Gasteiger partial charge in [-0.25, -0.2) is 4.52 Å². The van der Waals surface area contributed by atoms with E-state index in [-0.39, 0.29) is 17.9 Å². The second-order valence-corrected chi connectivity index (χ2v) is 14.1. The topological polar surface area (TPSA) is 91.6 Å². The molecule has 3 fully saturated rings. The molecule has 3 atom stereocenters. The molecule has 2 aliphatic carbocycles. The second kappa shape index (κ2) is 11.5. The van der Waals surface area contributed by atoms with Gasteiger partial charge in [0.05, 0.1) is 23.4 Å². The van der Waals surface area contributed by atoms with Crippen molar-refractivity contribution in [2.45, 2.75) is 78.9 Å². The fraction of sp³-hybridized carbons (Fsp3) is 0.395. The van der Waals surface area contributed by atoms with Crippen molar-refractivity contribution >= 4 is 29.0 Å². The Morgan fingerprint density at radius 2 is 1.62 bits per heavy atom. The highest BCUT2D eigenvalue weighted by molar-refractivity contribution is 5.99. The number of aromatic nitrogens is 5. The maximum atomic E-state index is 13.1. The molecule has 1 amide bonds. The van der Waals surface area contributed by atoms with Crippen molar-refractivity contribution in [3.63, 3.8) is 0 Å². The molecule has 4 heterocycles. The Bertz CT molecular complexity index is 1960. The molecule has 3 aliphatic rings. The zero-order valence-corrected chi connectivity index (χ0v) is 27.9. The summed E-state index contributed by atoms with van der Waals surface area (Å²) >= 11 is 0. The summed E-state index contributed by atoms with van der Waals surface area (Å²) in [6.45, 7) is 12.8. The first kappa shape index (κ1) is 29.6. The van der Waals surface area contributed by atoms with Crippen molar-refractivity contribution in [3.8, 4) is 0 Å². The average molecular weight is 627 g/mol. The molecule has 9 nitrogen and oxygen atoms in total.